The number of aryl methyl sites for hydroxylation is 1. The Bertz CT molecular complexity index is 835. The second kappa shape index (κ2) is 8.48. The number of halogens is 1. The minimum Gasteiger partial charge on any atom is -0.356 e. The first-order valence-electron chi connectivity index (χ1n) is 8.07. The molecule has 2 heterocycles. The molecule has 2 aromatic heterocycles. The molecule has 0 saturated carbocycles. The van der Waals surface area contributed by atoms with Gasteiger partial charge >= 0.3 is 0 Å². The van der Waals surface area contributed by atoms with E-state index >= 15 is 0 Å². The van der Waals surface area contributed by atoms with Gasteiger partial charge in [0.2, 0.25) is 5.91 Å². The summed E-state index contributed by atoms with van der Waals surface area (Å²) in [5, 5.41) is 5.72. The highest BCUT2D eigenvalue weighted by Gasteiger charge is 2.08. The minimum absolute atomic E-state index is 0.0468. The van der Waals surface area contributed by atoms with E-state index in [1.807, 2.05) is 17.5 Å². The quantitative estimate of drug-likeness (QED) is 0.704. The number of hydrogen-bond acceptors (Lipinski definition) is 4. The lowest BCUT2D eigenvalue weighted by molar-refractivity contribution is -0.121. The van der Waals surface area contributed by atoms with Crippen molar-refractivity contribution >= 4 is 17.2 Å². The number of thiazole rings is 1. The molecular weight excluding hydrogens is 337 g/mol. The molecule has 0 aliphatic rings. The first-order chi connectivity index (χ1) is 12.2. The van der Waals surface area contributed by atoms with E-state index in [0.717, 1.165) is 16.3 Å². The fourth-order valence-corrected chi connectivity index (χ4v) is 3.23. The third-order valence-electron chi connectivity index (χ3n) is 3.75. The van der Waals surface area contributed by atoms with Crippen molar-refractivity contribution in [1.29, 1.82) is 0 Å². The van der Waals surface area contributed by atoms with Crippen molar-refractivity contribution < 1.29 is 9.18 Å². The van der Waals surface area contributed by atoms with Crippen LogP contribution >= 0.6 is 11.3 Å². The lowest BCUT2D eigenvalue weighted by atomic mass is 10.1. The first-order valence-corrected chi connectivity index (χ1v) is 8.95. The Morgan fingerprint density at radius 1 is 1.16 bits per heavy atom. The van der Waals surface area contributed by atoms with Gasteiger partial charge in [0.25, 0.3) is 0 Å². The van der Waals surface area contributed by atoms with Crippen molar-refractivity contribution in [3.05, 3.63) is 70.6 Å². The average molecular weight is 355 g/mol. The number of benzene rings is 1. The van der Waals surface area contributed by atoms with Crippen LogP contribution in [0.5, 0.6) is 0 Å². The fourth-order valence-electron chi connectivity index (χ4n) is 2.42. The van der Waals surface area contributed by atoms with Gasteiger partial charge in [0.1, 0.15) is 5.82 Å². The predicted molar refractivity (Wildman–Crippen MR) is 96.8 cm³/mol. The second-order valence-electron chi connectivity index (χ2n) is 5.56. The monoisotopic (exact) mass is 355 g/mol. The van der Waals surface area contributed by atoms with Gasteiger partial charge in [-0.1, -0.05) is 18.2 Å². The van der Waals surface area contributed by atoms with E-state index in [0.29, 0.717) is 31.4 Å². The van der Waals surface area contributed by atoms with Crippen LogP contribution in [0.4, 0.5) is 4.39 Å². The van der Waals surface area contributed by atoms with Crippen LogP contribution in [-0.2, 0) is 17.6 Å². The molecule has 3 rings (SSSR count). The summed E-state index contributed by atoms with van der Waals surface area (Å²) >= 11 is 1.54. The zero-order valence-corrected chi connectivity index (χ0v) is 14.4. The number of nitrogens with zero attached hydrogens (tertiary/aromatic N) is 2. The van der Waals surface area contributed by atoms with Crippen molar-refractivity contribution in [3.63, 3.8) is 0 Å². The maximum Gasteiger partial charge on any atom is 0.220 e. The van der Waals surface area contributed by atoms with Crippen LogP contribution in [0.15, 0.2) is 54.2 Å². The van der Waals surface area contributed by atoms with Crippen molar-refractivity contribution in [2.45, 2.75) is 19.3 Å². The molecule has 0 saturated heterocycles. The molecular formula is C19H18FN3OS. The molecule has 0 fully saturated rings. The van der Waals surface area contributed by atoms with E-state index in [9.17, 15) is 9.18 Å². The standard InChI is InChI=1S/C19H18FN3OS/c20-16-6-2-1-4-14(16)9-11-22-18(24)7-8-19-23-17(13-25-19)15-5-3-10-21-12-15/h1-6,10,12-13H,7-9,11H2,(H,22,24). The normalized spacial score (nSPS) is 10.6. The highest BCUT2D eigenvalue weighted by Crippen LogP contribution is 2.21. The summed E-state index contributed by atoms with van der Waals surface area (Å²) in [7, 11) is 0. The van der Waals surface area contributed by atoms with Crippen LogP contribution in [0.1, 0.15) is 17.0 Å². The fraction of sp³-hybridized carbons (Fsp3) is 0.211. The highest BCUT2D eigenvalue weighted by atomic mass is 32.1. The Morgan fingerprint density at radius 2 is 2.04 bits per heavy atom. The molecule has 128 valence electrons. The van der Waals surface area contributed by atoms with Crippen molar-refractivity contribution in [2.75, 3.05) is 6.54 Å². The number of carbonyl (C=O) groups is 1. The summed E-state index contributed by atoms with van der Waals surface area (Å²) in [6.07, 6.45) is 4.95. The summed E-state index contributed by atoms with van der Waals surface area (Å²) in [5.74, 6) is -0.281. The van der Waals surface area contributed by atoms with Crippen LogP contribution in [0.2, 0.25) is 0 Å². The van der Waals surface area contributed by atoms with Gasteiger partial charge in [-0.3, -0.25) is 9.78 Å². The lowest BCUT2D eigenvalue weighted by Gasteiger charge is -2.05. The highest BCUT2D eigenvalue weighted by molar-refractivity contribution is 7.09. The molecule has 0 bridgehead atoms. The van der Waals surface area contributed by atoms with Crippen molar-refractivity contribution in [1.82, 2.24) is 15.3 Å². The van der Waals surface area contributed by atoms with E-state index in [1.165, 1.54) is 6.07 Å². The zero-order chi connectivity index (χ0) is 17.5. The van der Waals surface area contributed by atoms with Gasteiger partial charge in [0.05, 0.1) is 10.7 Å². The number of hydrogen-bond donors (Lipinski definition) is 1. The van der Waals surface area contributed by atoms with Gasteiger partial charge in [-0.2, -0.15) is 0 Å². The van der Waals surface area contributed by atoms with E-state index in [4.69, 9.17) is 0 Å². The first kappa shape index (κ1) is 17.2. The molecule has 1 amide bonds. The molecule has 1 N–H and O–H groups in total. The van der Waals surface area contributed by atoms with Gasteiger partial charge in [0, 0.05) is 42.7 Å². The molecule has 0 radical (unpaired) electrons. The van der Waals surface area contributed by atoms with Gasteiger partial charge in [-0.15, -0.1) is 11.3 Å². The van der Waals surface area contributed by atoms with Crippen LogP contribution in [0, 0.1) is 5.82 Å². The molecule has 0 unspecified atom stereocenters. The Hall–Kier alpha value is -2.60. The minimum atomic E-state index is -0.234. The molecule has 0 aliphatic heterocycles. The second-order valence-corrected chi connectivity index (χ2v) is 6.50. The Labute approximate surface area is 149 Å². The number of carbonyl (C=O) groups excluding carboxylic acids is 1. The average Bonchev–Trinajstić information content (AvgIpc) is 3.11. The van der Waals surface area contributed by atoms with Crippen LogP contribution in [-0.4, -0.2) is 22.4 Å². The topological polar surface area (TPSA) is 54.9 Å². The number of nitrogens with one attached hydrogen (secondary N) is 1. The number of aromatic nitrogens is 2. The molecule has 3 aromatic rings. The van der Waals surface area contributed by atoms with Crippen molar-refractivity contribution in [3.8, 4) is 11.3 Å². The lowest BCUT2D eigenvalue weighted by Crippen LogP contribution is -2.26. The third kappa shape index (κ3) is 4.93. The van der Waals surface area contributed by atoms with Crippen LogP contribution in [0.25, 0.3) is 11.3 Å². The van der Waals surface area contributed by atoms with Crippen molar-refractivity contribution in [2.24, 2.45) is 0 Å². The molecule has 0 spiro atoms. The van der Waals surface area contributed by atoms with Gasteiger partial charge < -0.3 is 5.32 Å². The largest absolute Gasteiger partial charge is 0.356 e. The van der Waals surface area contributed by atoms with E-state index < -0.39 is 0 Å². The summed E-state index contributed by atoms with van der Waals surface area (Å²) in [6.45, 7) is 0.429. The molecule has 6 heteroatoms. The van der Waals surface area contributed by atoms with Gasteiger partial charge in [0.15, 0.2) is 0 Å². The molecule has 1 aromatic carbocycles. The summed E-state index contributed by atoms with van der Waals surface area (Å²) in [6, 6.07) is 10.4. The van der Waals surface area contributed by atoms with Gasteiger partial charge in [-0.25, -0.2) is 9.37 Å². The Morgan fingerprint density at radius 3 is 2.84 bits per heavy atom. The predicted octanol–water partition coefficient (Wildman–Crippen LogP) is 3.64. The van der Waals surface area contributed by atoms with Crippen LogP contribution < -0.4 is 5.32 Å². The number of amides is 1. The molecule has 0 aliphatic carbocycles. The van der Waals surface area contributed by atoms with E-state index in [-0.39, 0.29) is 11.7 Å². The SMILES string of the molecule is O=C(CCc1nc(-c2cccnc2)cs1)NCCc1ccccc1F. The molecule has 25 heavy (non-hydrogen) atoms. The third-order valence-corrected chi connectivity index (χ3v) is 4.66. The molecule has 4 nitrogen and oxygen atoms in total. The van der Waals surface area contributed by atoms with Crippen LogP contribution in [0.3, 0.4) is 0 Å². The maximum absolute atomic E-state index is 13.5. The maximum atomic E-state index is 13.5. The molecule has 0 atom stereocenters. The summed E-state index contributed by atoms with van der Waals surface area (Å²) in [5.41, 5.74) is 2.47. The smallest absolute Gasteiger partial charge is 0.220 e. The van der Waals surface area contributed by atoms with Gasteiger partial charge in [-0.05, 0) is 30.2 Å². The number of rotatable bonds is 7. The van der Waals surface area contributed by atoms with E-state index in [1.54, 1.807) is 41.9 Å². The Balaban J connectivity index is 1.44. The zero-order valence-electron chi connectivity index (χ0n) is 13.6. The summed E-state index contributed by atoms with van der Waals surface area (Å²) < 4.78 is 13.5. The Kier molecular flexibility index (Phi) is 5.85. The van der Waals surface area contributed by atoms with E-state index in [2.05, 4.69) is 15.3 Å². The number of pyridine rings is 1. The summed E-state index contributed by atoms with van der Waals surface area (Å²) in [4.78, 5) is 20.6.